The van der Waals surface area contributed by atoms with Crippen LogP contribution in [0, 0.1) is 0 Å². The molecule has 0 bridgehead atoms. The molecule has 0 N–H and O–H groups in total. The van der Waals surface area contributed by atoms with Gasteiger partial charge in [-0.25, -0.2) is 4.79 Å². The Morgan fingerprint density at radius 1 is 1.15 bits per heavy atom. The fraction of sp³-hybridized carbons (Fsp3) is 0.533. The Morgan fingerprint density at radius 3 is 2.20 bits per heavy atom. The number of hydrogen-bond donors (Lipinski definition) is 0. The maximum absolute atomic E-state index is 11.8. The van der Waals surface area contributed by atoms with Gasteiger partial charge in [0.15, 0.2) is 5.75 Å². The molecule has 0 radical (unpaired) electrons. The molecule has 0 saturated heterocycles. The molecule has 0 spiro atoms. The maximum atomic E-state index is 11.8. The molecule has 0 heterocycles. The highest BCUT2D eigenvalue weighted by Gasteiger charge is 2.39. The van der Waals surface area contributed by atoms with Crippen molar-refractivity contribution in [1.29, 1.82) is 0 Å². The van der Waals surface area contributed by atoms with Crippen molar-refractivity contribution in [3.63, 3.8) is 0 Å². The summed E-state index contributed by atoms with van der Waals surface area (Å²) >= 11 is 0. The number of rotatable bonds is 4. The monoisotopic (exact) mass is 296 g/mol. The van der Waals surface area contributed by atoms with Gasteiger partial charge in [-0.05, 0) is 30.3 Å². The normalized spacial score (nSPS) is 11.9. The molecule has 0 aliphatic heterocycles. The first-order valence-electron chi connectivity index (χ1n) is 6.58. The lowest BCUT2D eigenvalue weighted by molar-refractivity contribution is 0.0596. The van der Waals surface area contributed by atoms with Crippen LogP contribution in [-0.2, 0) is 4.74 Å². The third-order valence-electron chi connectivity index (χ3n) is 3.76. The molecule has 0 aliphatic carbocycles. The number of hydrogen-bond acceptors (Lipinski definition) is 4. The highest BCUT2D eigenvalue weighted by atomic mass is 28.4. The Balaban J connectivity index is 3.23. The zero-order valence-corrected chi connectivity index (χ0v) is 14.4. The molecule has 0 amide bonds. The fourth-order valence-electron chi connectivity index (χ4n) is 1.51. The summed E-state index contributed by atoms with van der Waals surface area (Å²) in [6, 6.07) is 5.27. The van der Waals surface area contributed by atoms with Crippen molar-refractivity contribution >= 4 is 14.3 Å². The number of carbonyl (C=O) groups excluding carboxylic acids is 1. The Kier molecular flexibility index (Phi) is 4.86. The number of benzene rings is 1. The van der Waals surface area contributed by atoms with Gasteiger partial charge in [0.05, 0.1) is 14.2 Å². The van der Waals surface area contributed by atoms with E-state index in [1.165, 1.54) is 14.2 Å². The fourth-order valence-corrected chi connectivity index (χ4v) is 2.52. The van der Waals surface area contributed by atoms with Crippen LogP contribution in [0.1, 0.15) is 31.1 Å². The van der Waals surface area contributed by atoms with E-state index in [4.69, 9.17) is 13.9 Å². The minimum atomic E-state index is -1.99. The Hall–Kier alpha value is -1.49. The number of ether oxygens (including phenoxy) is 2. The van der Waals surface area contributed by atoms with Crippen LogP contribution in [0.4, 0.5) is 0 Å². The first-order chi connectivity index (χ1) is 9.14. The Bertz CT molecular complexity index is 489. The van der Waals surface area contributed by atoms with E-state index < -0.39 is 14.3 Å². The summed E-state index contributed by atoms with van der Waals surface area (Å²) in [5, 5.41) is 0.0687. The van der Waals surface area contributed by atoms with E-state index in [1.54, 1.807) is 12.1 Å². The molecule has 0 atom stereocenters. The van der Waals surface area contributed by atoms with Gasteiger partial charge in [-0.1, -0.05) is 26.8 Å². The topological polar surface area (TPSA) is 44.8 Å². The SMILES string of the molecule is COC(=O)c1cccc(O[Si](C)(C)C(C)(C)C)c1OC. The van der Waals surface area contributed by atoms with Crippen molar-refractivity contribution in [3.05, 3.63) is 23.8 Å². The molecule has 1 aromatic carbocycles. The van der Waals surface area contributed by atoms with Gasteiger partial charge >= 0.3 is 5.97 Å². The van der Waals surface area contributed by atoms with E-state index in [0.29, 0.717) is 17.1 Å². The predicted molar refractivity (Wildman–Crippen MR) is 82.2 cm³/mol. The van der Waals surface area contributed by atoms with E-state index in [2.05, 4.69) is 33.9 Å². The van der Waals surface area contributed by atoms with Crippen molar-refractivity contribution in [3.8, 4) is 11.5 Å². The second kappa shape index (κ2) is 5.87. The van der Waals surface area contributed by atoms with Crippen LogP contribution < -0.4 is 9.16 Å². The summed E-state index contributed by atoms with van der Waals surface area (Å²) in [7, 11) is 0.885. The zero-order chi connectivity index (χ0) is 15.6. The summed E-state index contributed by atoms with van der Waals surface area (Å²) < 4.78 is 16.4. The molecule has 1 aromatic rings. The summed E-state index contributed by atoms with van der Waals surface area (Å²) in [4.78, 5) is 11.8. The van der Waals surface area contributed by atoms with E-state index in [9.17, 15) is 4.79 Å². The quantitative estimate of drug-likeness (QED) is 0.625. The van der Waals surface area contributed by atoms with Crippen LogP contribution in [0.3, 0.4) is 0 Å². The van der Waals surface area contributed by atoms with Crippen molar-refractivity contribution in [2.75, 3.05) is 14.2 Å². The Labute approximate surface area is 122 Å². The van der Waals surface area contributed by atoms with Gasteiger partial charge in [0.1, 0.15) is 11.3 Å². The van der Waals surface area contributed by atoms with Crippen molar-refractivity contribution in [2.45, 2.75) is 38.9 Å². The van der Waals surface area contributed by atoms with Gasteiger partial charge in [-0.2, -0.15) is 0 Å². The molecule has 1 rings (SSSR count). The van der Waals surface area contributed by atoms with Crippen LogP contribution in [0.5, 0.6) is 11.5 Å². The van der Waals surface area contributed by atoms with Gasteiger partial charge < -0.3 is 13.9 Å². The lowest BCUT2D eigenvalue weighted by atomic mass is 10.2. The number of esters is 1. The van der Waals surface area contributed by atoms with Crippen molar-refractivity contribution < 1.29 is 18.7 Å². The van der Waals surface area contributed by atoms with Gasteiger partial charge in [-0.3, -0.25) is 0 Å². The summed E-state index contributed by atoms with van der Waals surface area (Å²) in [5.41, 5.74) is 0.381. The molecule has 0 saturated carbocycles. The molecular formula is C15H24O4Si. The third kappa shape index (κ3) is 3.33. The lowest BCUT2D eigenvalue weighted by Crippen LogP contribution is -2.44. The van der Waals surface area contributed by atoms with Crippen LogP contribution in [-0.4, -0.2) is 28.5 Å². The average Bonchev–Trinajstić information content (AvgIpc) is 2.35. The van der Waals surface area contributed by atoms with Gasteiger partial charge in [0.2, 0.25) is 0 Å². The van der Waals surface area contributed by atoms with E-state index in [-0.39, 0.29) is 5.04 Å². The molecule has 0 aromatic heterocycles. The number of carbonyl (C=O) groups is 1. The minimum Gasteiger partial charge on any atom is -0.541 e. The second-order valence-electron chi connectivity index (χ2n) is 6.19. The van der Waals surface area contributed by atoms with Crippen LogP contribution in [0.25, 0.3) is 0 Å². The van der Waals surface area contributed by atoms with Crippen LogP contribution >= 0.6 is 0 Å². The first kappa shape index (κ1) is 16.6. The Morgan fingerprint density at radius 2 is 1.75 bits per heavy atom. The lowest BCUT2D eigenvalue weighted by Gasteiger charge is -2.36. The average molecular weight is 296 g/mol. The minimum absolute atomic E-state index is 0.0687. The molecular weight excluding hydrogens is 272 g/mol. The molecule has 0 aliphatic rings. The highest BCUT2D eigenvalue weighted by molar-refractivity contribution is 6.74. The van der Waals surface area contributed by atoms with E-state index in [1.807, 2.05) is 6.07 Å². The molecule has 0 unspecified atom stereocenters. The first-order valence-corrected chi connectivity index (χ1v) is 9.49. The largest absolute Gasteiger partial charge is 0.541 e. The standard InChI is InChI=1S/C15H24O4Si/c1-15(2,3)20(6,7)19-12-10-8-9-11(13(12)17-4)14(16)18-5/h8-10H,1-7H3. The van der Waals surface area contributed by atoms with Gasteiger partial charge in [0.25, 0.3) is 8.32 Å². The maximum Gasteiger partial charge on any atom is 0.341 e. The van der Waals surface area contributed by atoms with Gasteiger partial charge in [-0.15, -0.1) is 0 Å². The van der Waals surface area contributed by atoms with Crippen molar-refractivity contribution in [2.24, 2.45) is 0 Å². The highest BCUT2D eigenvalue weighted by Crippen LogP contribution is 2.41. The summed E-state index contributed by atoms with van der Waals surface area (Å²) in [6.07, 6.45) is 0. The zero-order valence-electron chi connectivity index (χ0n) is 13.4. The van der Waals surface area contributed by atoms with E-state index >= 15 is 0 Å². The molecule has 112 valence electrons. The summed E-state index contributed by atoms with van der Waals surface area (Å²) in [6.45, 7) is 10.8. The van der Waals surface area contributed by atoms with Gasteiger partial charge in [0, 0.05) is 0 Å². The van der Waals surface area contributed by atoms with Crippen molar-refractivity contribution in [1.82, 2.24) is 0 Å². The predicted octanol–water partition coefficient (Wildman–Crippen LogP) is 3.87. The molecule has 5 heteroatoms. The van der Waals surface area contributed by atoms with E-state index in [0.717, 1.165) is 0 Å². The smallest absolute Gasteiger partial charge is 0.341 e. The molecule has 4 nitrogen and oxygen atoms in total. The number of methoxy groups -OCH3 is 2. The third-order valence-corrected chi connectivity index (χ3v) is 8.10. The number of para-hydroxylation sites is 1. The summed E-state index contributed by atoms with van der Waals surface area (Å²) in [5.74, 6) is 0.605. The molecule has 20 heavy (non-hydrogen) atoms. The second-order valence-corrected chi connectivity index (χ2v) is 10.9. The van der Waals surface area contributed by atoms with Crippen LogP contribution in [0.15, 0.2) is 18.2 Å². The molecule has 0 fully saturated rings. The van der Waals surface area contributed by atoms with Crippen LogP contribution in [0.2, 0.25) is 18.1 Å².